The molecule has 0 spiro atoms. The summed E-state index contributed by atoms with van der Waals surface area (Å²) < 4.78 is 29.5. The molecule has 0 saturated carbocycles. The fraction of sp³-hybridized carbons (Fsp3) is 0.263. The van der Waals surface area contributed by atoms with Crippen LogP contribution in [0.2, 0.25) is 0 Å². The molecule has 0 aliphatic heterocycles. The summed E-state index contributed by atoms with van der Waals surface area (Å²) in [7, 11) is -1.92. The summed E-state index contributed by atoms with van der Waals surface area (Å²) in [6.45, 7) is 1.37. The van der Waals surface area contributed by atoms with Gasteiger partial charge >= 0.3 is 5.97 Å². The quantitative estimate of drug-likeness (QED) is 0.740. The minimum Gasteiger partial charge on any atom is -0.482 e. The zero-order valence-electron chi connectivity index (χ0n) is 15.1. The van der Waals surface area contributed by atoms with E-state index in [1.54, 1.807) is 43.4 Å². The standard InChI is InChI=1S/C19H21NO6S/c1-3-27(24,25)17-7-5-4-6-16(17)19(23)20(2)12-14-8-10-15(11-9-14)26-13-18(21)22/h4-11H,3,12-13H2,1-2H3,(H,21,22). The van der Waals surface area contributed by atoms with E-state index in [1.807, 2.05) is 0 Å². The van der Waals surface area contributed by atoms with Crippen LogP contribution in [0.5, 0.6) is 5.75 Å². The third-order valence-corrected chi connectivity index (χ3v) is 5.67. The number of amides is 1. The minimum atomic E-state index is -3.51. The number of ether oxygens (including phenoxy) is 1. The smallest absolute Gasteiger partial charge is 0.341 e. The summed E-state index contributed by atoms with van der Waals surface area (Å²) in [5, 5.41) is 8.60. The molecule has 0 fully saturated rings. The predicted molar refractivity (Wildman–Crippen MR) is 99.5 cm³/mol. The van der Waals surface area contributed by atoms with Crippen LogP contribution >= 0.6 is 0 Å². The molecule has 27 heavy (non-hydrogen) atoms. The SMILES string of the molecule is CCS(=O)(=O)c1ccccc1C(=O)N(C)Cc1ccc(OCC(=O)O)cc1. The molecule has 0 radical (unpaired) electrons. The molecule has 0 aliphatic rings. The van der Waals surface area contributed by atoms with Crippen molar-refractivity contribution in [3.63, 3.8) is 0 Å². The van der Waals surface area contributed by atoms with Crippen LogP contribution in [0.15, 0.2) is 53.4 Å². The summed E-state index contributed by atoms with van der Waals surface area (Å²) in [5.74, 6) is -1.13. The van der Waals surface area contributed by atoms with E-state index >= 15 is 0 Å². The maximum atomic E-state index is 12.7. The Hall–Kier alpha value is -2.87. The summed E-state index contributed by atoms with van der Waals surface area (Å²) >= 11 is 0. The van der Waals surface area contributed by atoms with Crippen molar-refractivity contribution in [1.82, 2.24) is 4.90 Å². The molecule has 1 N–H and O–H groups in total. The van der Waals surface area contributed by atoms with Gasteiger partial charge in [-0.3, -0.25) is 4.79 Å². The van der Waals surface area contributed by atoms with Gasteiger partial charge in [-0.25, -0.2) is 13.2 Å². The van der Waals surface area contributed by atoms with Gasteiger partial charge in [0.1, 0.15) is 5.75 Å². The lowest BCUT2D eigenvalue weighted by atomic mass is 10.1. The third-order valence-electron chi connectivity index (χ3n) is 3.88. The Morgan fingerprint density at radius 3 is 2.30 bits per heavy atom. The van der Waals surface area contributed by atoms with E-state index in [4.69, 9.17) is 9.84 Å². The van der Waals surface area contributed by atoms with E-state index in [2.05, 4.69) is 0 Å². The highest BCUT2D eigenvalue weighted by molar-refractivity contribution is 7.91. The van der Waals surface area contributed by atoms with Crippen LogP contribution < -0.4 is 4.74 Å². The molecular formula is C19H21NO6S. The number of aliphatic carboxylic acids is 1. The second kappa shape index (κ2) is 8.68. The van der Waals surface area contributed by atoms with Crippen molar-refractivity contribution in [3.05, 3.63) is 59.7 Å². The summed E-state index contributed by atoms with van der Waals surface area (Å²) in [4.78, 5) is 24.7. The molecule has 8 heteroatoms. The van der Waals surface area contributed by atoms with Gasteiger partial charge in [0, 0.05) is 13.6 Å². The lowest BCUT2D eigenvalue weighted by Gasteiger charge is -2.19. The summed E-state index contributed by atoms with van der Waals surface area (Å²) in [6.07, 6.45) is 0. The summed E-state index contributed by atoms with van der Waals surface area (Å²) in [5.41, 5.74) is 0.938. The Balaban J connectivity index is 2.14. The van der Waals surface area contributed by atoms with E-state index < -0.39 is 28.3 Å². The fourth-order valence-corrected chi connectivity index (χ4v) is 3.54. The highest BCUT2D eigenvalue weighted by Crippen LogP contribution is 2.20. The monoisotopic (exact) mass is 391 g/mol. The minimum absolute atomic E-state index is 0.0294. The van der Waals surface area contributed by atoms with Crippen LogP contribution in [-0.2, 0) is 21.2 Å². The van der Waals surface area contributed by atoms with Crippen molar-refractivity contribution >= 4 is 21.7 Å². The molecule has 144 valence electrons. The molecule has 0 aliphatic carbocycles. The Morgan fingerprint density at radius 2 is 1.70 bits per heavy atom. The largest absolute Gasteiger partial charge is 0.482 e. The fourth-order valence-electron chi connectivity index (χ4n) is 2.46. The third kappa shape index (κ3) is 5.30. The molecule has 0 heterocycles. The molecule has 0 unspecified atom stereocenters. The van der Waals surface area contributed by atoms with Crippen molar-refractivity contribution in [2.24, 2.45) is 0 Å². The van der Waals surface area contributed by atoms with E-state index in [0.717, 1.165) is 5.56 Å². The zero-order chi connectivity index (χ0) is 20.0. The molecule has 0 bridgehead atoms. The zero-order valence-corrected chi connectivity index (χ0v) is 15.9. The van der Waals surface area contributed by atoms with Gasteiger partial charge in [0.25, 0.3) is 5.91 Å². The van der Waals surface area contributed by atoms with Crippen LogP contribution in [-0.4, -0.2) is 49.7 Å². The van der Waals surface area contributed by atoms with E-state index in [-0.39, 0.29) is 22.8 Å². The number of rotatable bonds is 8. The second-order valence-corrected chi connectivity index (χ2v) is 8.13. The van der Waals surface area contributed by atoms with Crippen LogP contribution in [0.1, 0.15) is 22.8 Å². The molecule has 2 aromatic rings. The molecule has 0 atom stereocenters. The lowest BCUT2D eigenvalue weighted by Crippen LogP contribution is -2.27. The molecule has 0 aromatic heterocycles. The summed E-state index contributed by atoms with van der Waals surface area (Å²) in [6, 6.07) is 12.8. The van der Waals surface area contributed by atoms with Crippen molar-refractivity contribution < 1.29 is 27.9 Å². The van der Waals surface area contributed by atoms with Crippen molar-refractivity contribution in [2.45, 2.75) is 18.4 Å². The second-order valence-electron chi connectivity index (χ2n) is 5.89. The first-order valence-corrected chi connectivity index (χ1v) is 9.90. The number of hydrogen-bond acceptors (Lipinski definition) is 5. The van der Waals surface area contributed by atoms with Crippen molar-refractivity contribution in [1.29, 1.82) is 0 Å². The van der Waals surface area contributed by atoms with E-state index in [9.17, 15) is 18.0 Å². The topological polar surface area (TPSA) is 101 Å². The average molecular weight is 391 g/mol. The molecule has 7 nitrogen and oxygen atoms in total. The number of nitrogens with zero attached hydrogens (tertiary/aromatic N) is 1. The Kier molecular flexibility index (Phi) is 6.57. The number of benzene rings is 2. The number of sulfone groups is 1. The Bertz CT molecular complexity index is 921. The van der Waals surface area contributed by atoms with Gasteiger partial charge in [0.05, 0.1) is 16.2 Å². The number of carbonyl (C=O) groups is 2. The van der Waals surface area contributed by atoms with Crippen LogP contribution in [0.25, 0.3) is 0 Å². The molecule has 0 saturated heterocycles. The van der Waals surface area contributed by atoms with E-state index in [0.29, 0.717) is 5.75 Å². The highest BCUT2D eigenvalue weighted by Gasteiger charge is 2.22. The maximum Gasteiger partial charge on any atom is 0.341 e. The number of carboxylic acids is 1. The van der Waals surface area contributed by atoms with Crippen molar-refractivity contribution in [2.75, 3.05) is 19.4 Å². The van der Waals surface area contributed by atoms with Gasteiger partial charge in [-0.05, 0) is 29.8 Å². The van der Waals surface area contributed by atoms with Gasteiger partial charge in [-0.15, -0.1) is 0 Å². The maximum absolute atomic E-state index is 12.7. The van der Waals surface area contributed by atoms with Gasteiger partial charge < -0.3 is 14.7 Å². The van der Waals surface area contributed by atoms with Gasteiger partial charge in [0.15, 0.2) is 16.4 Å². The van der Waals surface area contributed by atoms with Gasteiger partial charge in [-0.2, -0.15) is 0 Å². The van der Waals surface area contributed by atoms with Gasteiger partial charge in [0.2, 0.25) is 0 Å². The first-order chi connectivity index (χ1) is 12.7. The first-order valence-electron chi connectivity index (χ1n) is 8.25. The Labute approximate surface area is 158 Å². The lowest BCUT2D eigenvalue weighted by molar-refractivity contribution is -0.139. The normalized spacial score (nSPS) is 11.0. The number of hydrogen-bond donors (Lipinski definition) is 1. The molecule has 2 rings (SSSR count). The first kappa shape index (κ1) is 20.4. The molecule has 2 aromatic carbocycles. The van der Waals surface area contributed by atoms with Crippen molar-refractivity contribution in [3.8, 4) is 5.75 Å². The van der Waals surface area contributed by atoms with E-state index in [1.165, 1.54) is 24.0 Å². The molecular weight excluding hydrogens is 370 g/mol. The van der Waals surface area contributed by atoms with Crippen LogP contribution in [0.3, 0.4) is 0 Å². The highest BCUT2D eigenvalue weighted by atomic mass is 32.2. The van der Waals surface area contributed by atoms with Crippen LogP contribution in [0, 0.1) is 0 Å². The predicted octanol–water partition coefficient (Wildman–Crippen LogP) is 2.22. The average Bonchev–Trinajstić information content (AvgIpc) is 2.66. The number of carboxylic acid groups (broad SMARTS) is 1. The van der Waals surface area contributed by atoms with Crippen LogP contribution in [0.4, 0.5) is 0 Å². The Morgan fingerprint density at radius 1 is 1.07 bits per heavy atom. The van der Waals surface area contributed by atoms with Gasteiger partial charge in [-0.1, -0.05) is 31.2 Å². The number of carbonyl (C=O) groups excluding carboxylic acids is 1. The molecule has 1 amide bonds.